The molecule has 3 aromatic carbocycles. The van der Waals surface area contributed by atoms with E-state index in [9.17, 15) is 18.0 Å². The number of para-hydroxylation sites is 2. The first-order valence-corrected chi connectivity index (χ1v) is 11.3. The molecule has 0 saturated heterocycles. The van der Waals surface area contributed by atoms with Crippen molar-refractivity contribution in [3.63, 3.8) is 0 Å². The average Bonchev–Trinajstić information content (AvgIpc) is 3.10. The Labute approximate surface area is 184 Å². The fraction of sp³-hybridized carbons (Fsp3) is 0.182. The second kappa shape index (κ2) is 8.48. The molecule has 1 heterocycles. The van der Waals surface area contributed by atoms with Crippen LogP contribution in [0.25, 0.3) is 21.9 Å². The molecule has 1 aromatic heterocycles. The van der Waals surface area contributed by atoms with Crippen LogP contribution in [0.2, 0.25) is 0 Å². The van der Waals surface area contributed by atoms with E-state index in [1.165, 1.54) is 10.6 Å². The van der Waals surface area contributed by atoms with Crippen LogP contribution in [0.5, 0.6) is 0 Å². The minimum atomic E-state index is -4.03. The molecule has 0 atom stereocenters. The van der Waals surface area contributed by atoms with E-state index in [4.69, 9.17) is 4.42 Å². The number of fused-ring (bicyclic) bond motifs is 2. The Morgan fingerprint density at radius 1 is 1.00 bits per heavy atom. The second-order valence-corrected chi connectivity index (χ2v) is 9.06. The molecule has 4 aromatic rings. The number of aromatic nitrogens is 1. The highest BCUT2D eigenvalue weighted by atomic mass is 32.2. The Kier molecular flexibility index (Phi) is 5.72. The molecule has 9 nitrogen and oxygen atoms in total. The van der Waals surface area contributed by atoms with Gasteiger partial charge in [-0.05, 0) is 24.3 Å². The molecular weight excluding hydrogens is 432 g/mol. The molecule has 0 aliphatic heterocycles. The molecule has 0 aliphatic rings. The van der Waals surface area contributed by atoms with Gasteiger partial charge in [0.05, 0.1) is 10.4 Å². The van der Waals surface area contributed by atoms with Crippen LogP contribution in [0.1, 0.15) is 6.42 Å². The highest BCUT2D eigenvalue weighted by molar-refractivity contribution is 7.89. The number of hydrogen-bond donors (Lipinski definition) is 2. The molecule has 0 radical (unpaired) electrons. The molecular formula is C22H22N4O5S. The van der Waals surface area contributed by atoms with E-state index in [0.29, 0.717) is 16.5 Å². The summed E-state index contributed by atoms with van der Waals surface area (Å²) in [6.07, 6.45) is -0.119. The summed E-state index contributed by atoms with van der Waals surface area (Å²) in [7, 11) is -0.271. The van der Waals surface area contributed by atoms with E-state index in [1.807, 2.05) is 31.1 Å². The molecule has 0 fully saturated rings. The topological polar surface area (TPSA) is 114 Å². The number of nitrogens with one attached hydrogen (secondary N) is 2. The molecule has 2 N–H and O–H groups in total. The number of sulfonamides is 1. The zero-order chi connectivity index (χ0) is 22.9. The number of hydrogen-bond acceptors (Lipinski definition) is 6. The van der Waals surface area contributed by atoms with Crippen LogP contribution in [-0.2, 0) is 21.4 Å². The number of oxazole rings is 1. The molecule has 0 bridgehead atoms. The maximum atomic E-state index is 12.9. The van der Waals surface area contributed by atoms with Gasteiger partial charge in [0.15, 0.2) is 5.58 Å². The van der Waals surface area contributed by atoms with Crippen LogP contribution in [0, 0.1) is 0 Å². The molecule has 0 aliphatic carbocycles. The second-order valence-electron chi connectivity index (χ2n) is 7.41. The van der Waals surface area contributed by atoms with Gasteiger partial charge < -0.3 is 9.32 Å². The van der Waals surface area contributed by atoms with Gasteiger partial charge in [-0.15, -0.1) is 4.83 Å². The lowest BCUT2D eigenvalue weighted by Gasteiger charge is -2.17. The Bertz CT molecular complexity index is 1470. The number of rotatable bonds is 7. The number of carbonyl (C=O) groups excluding carboxylic acids is 1. The maximum Gasteiger partial charge on any atom is 0.419 e. The lowest BCUT2D eigenvalue weighted by molar-refractivity contribution is -0.121. The van der Waals surface area contributed by atoms with Crippen LogP contribution >= 0.6 is 0 Å². The summed E-state index contributed by atoms with van der Waals surface area (Å²) in [5, 5.41) is 1.31. The molecule has 32 heavy (non-hydrogen) atoms. The summed E-state index contributed by atoms with van der Waals surface area (Å²) in [5.41, 5.74) is 4.09. The minimum absolute atomic E-state index is 0.0455. The smallest absolute Gasteiger partial charge is 0.408 e. The molecule has 4 rings (SSSR count). The predicted octanol–water partition coefficient (Wildman–Crippen LogP) is 2.21. The van der Waals surface area contributed by atoms with Crippen molar-refractivity contribution in [2.45, 2.75) is 17.9 Å². The fourth-order valence-electron chi connectivity index (χ4n) is 3.57. The van der Waals surface area contributed by atoms with Crippen LogP contribution in [-0.4, -0.2) is 33.0 Å². The lowest BCUT2D eigenvalue weighted by atomic mass is 10.1. The number of amides is 1. The summed E-state index contributed by atoms with van der Waals surface area (Å²) in [5.74, 6) is -1.16. The Morgan fingerprint density at radius 2 is 1.72 bits per heavy atom. The molecule has 0 unspecified atom stereocenters. The monoisotopic (exact) mass is 454 g/mol. The first kappa shape index (κ1) is 21.6. The van der Waals surface area contributed by atoms with Gasteiger partial charge in [-0.3, -0.25) is 14.8 Å². The minimum Gasteiger partial charge on any atom is -0.408 e. The summed E-state index contributed by atoms with van der Waals surface area (Å²) in [6, 6.07) is 17.2. The number of nitrogens with zero attached hydrogens (tertiary/aromatic N) is 2. The largest absolute Gasteiger partial charge is 0.419 e. The highest BCUT2D eigenvalue weighted by Crippen LogP contribution is 2.29. The van der Waals surface area contributed by atoms with E-state index in [1.54, 1.807) is 42.5 Å². The van der Waals surface area contributed by atoms with E-state index < -0.39 is 21.7 Å². The van der Waals surface area contributed by atoms with Crippen molar-refractivity contribution < 1.29 is 17.6 Å². The zero-order valence-corrected chi connectivity index (χ0v) is 18.3. The van der Waals surface area contributed by atoms with Crippen LogP contribution in [0.4, 0.5) is 5.69 Å². The quantitative estimate of drug-likeness (QED) is 0.414. The summed E-state index contributed by atoms with van der Waals surface area (Å²) >= 11 is 0. The maximum absolute atomic E-state index is 12.9. The molecule has 10 heteroatoms. The van der Waals surface area contributed by atoms with Gasteiger partial charge in [0, 0.05) is 43.5 Å². The van der Waals surface area contributed by atoms with Crippen LogP contribution < -0.4 is 20.9 Å². The van der Waals surface area contributed by atoms with Crippen molar-refractivity contribution in [2.75, 3.05) is 19.0 Å². The van der Waals surface area contributed by atoms with Gasteiger partial charge in [-0.1, -0.05) is 36.4 Å². The van der Waals surface area contributed by atoms with Gasteiger partial charge in [0.2, 0.25) is 5.91 Å². The first-order valence-electron chi connectivity index (χ1n) is 9.86. The molecule has 166 valence electrons. The van der Waals surface area contributed by atoms with E-state index in [0.717, 1.165) is 11.1 Å². The molecule has 0 saturated carbocycles. The predicted molar refractivity (Wildman–Crippen MR) is 122 cm³/mol. The third kappa shape index (κ3) is 4.10. The normalized spacial score (nSPS) is 11.7. The Hall–Kier alpha value is -3.63. The molecule has 1 amide bonds. The summed E-state index contributed by atoms with van der Waals surface area (Å²) in [6.45, 7) is 0.0455. The number of anilines is 1. The van der Waals surface area contributed by atoms with Crippen molar-refractivity contribution in [2.24, 2.45) is 0 Å². The third-order valence-electron chi connectivity index (χ3n) is 5.09. The van der Waals surface area contributed by atoms with Crippen molar-refractivity contribution >= 4 is 43.5 Å². The standard InChI is InChI=1S/C22H22N4O5S/c1-25(2)17-10-5-8-16-15(17)7-6-12-20(16)32(29,30)24-23-21(27)13-14-26-18-9-3-4-11-19(18)31-22(26)28/h3-12,24H,13-14H2,1-2H3,(H,23,27). The number of carbonyl (C=O) groups is 1. The number of aryl methyl sites for hydroxylation is 1. The van der Waals surface area contributed by atoms with Crippen LogP contribution in [0.15, 0.2) is 74.8 Å². The van der Waals surface area contributed by atoms with Gasteiger partial charge in [0.25, 0.3) is 10.0 Å². The van der Waals surface area contributed by atoms with Crippen molar-refractivity contribution in [1.82, 2.24) is 14.8 Å². The Morgan fingerprint density at radius 3 is 2.50 bits per heavy atom. The summed E-state index contributed by atoms with van der Waals surface area (Å²) < 4.78 is 32.2. The zero-order valence-electron chi connectivity index (χ0n) is 17.5. The van der Waals surface area contributed by atoms with Gasteiger partial charge in [-0.2, -0.15) is 0 Å². The highest BCUT2D eigenvalue weighted by Gasteiger charge is 2.19. The SMILES string of the molecule is CN(C)c1cccc2c(S(=O)(=O)NNC(=O)CCn3c(=O)oc4ccccc43)cccc12. The van der Waals surface area contributed by atoms with Gasteiger partial charge in [0.1, 0.15) is 0 Å². The van der Waals surface area contributed by atoms with Crippen molar-refractivity contribution in [3.8, 4) is 0 Å². The summed E-state index contributed by atoms with van der Waals surface area (Å²) in [4.78, 5) is 28.4. The van der Waals surface area contributed by atoms with E-state index in [-0.39, 0.29) is 17.9 Å². The average molecular weight is 455 g/mol. The van der Waals surface area contributed by atoms with Gasteiger partial charge in [-0.25, -0.2) is 13.2 Å². The van der Waals surface area contributed by atoms with Gasteiger partial charge >= 0.3 is 5.76 Å². The third-order valence-corrected chi connectivity index (χ3v) is 6.40. The van der Waals surface area contributed by atoms with E-state index in [2.05, 4.69) is 10.3 Å². The Balaban J connectivity index is 1.49. The van der Waals surface area contributed by atoms with E-state index >= 15 is 0 Å². The van der Waals surface area contributed by atoms with Crippen molar-refractivity contribution in [3.05, 3.63) is 71.2 Å². The number of benzene rings is 3. The fourth-order valence-corrected chi connectivity index (χ4v) is 4.65. The first-order chi connectivity index (χ1) is 15.3. The molecule has 0 spiro atoms. The number of hydrazine groups is 1. The van der Waals surface area contributed by atoms with Crippen molar-refractivity contribution in [1.29, 1.82) is 0 Å². The lowest BCUT2D eigenvalue weighted by Crippen LogP contribution is -2.42. The van der Waals surface area contributed by atoms with Crippen LogP contribution in [0.3, 0.4) is 0 Å².